The van der Waals surface area contributed by atoms with Crippen molar-refractivity contribution in [3.8, 4) is 6.07 Å². The van der Waals surface area contributed by atoms with Crippen molar-refractivity contribution in [3.63, 3.8) is 0 Å². The van der Waals surface area contributed by atoms with Crippen molar-refractivity contribution in [2.75, 3.05) is 5.32 Å². The fraction of sp³-hybridized carbons (Fsp3) is 0.0435. The van der Waals surface area contributed by atoms with E-state index < -0.39 is 5.91 Å². The zero-order valence-corrected chi connectivity index (χ0v) is 16.6. The Balaban J connectivity index is 1.90. The van der Waals surface area contributed by atoms with Crippen LogP contribution >= 0.6 is 23.2 Å². The lowest BCUT2D eigenvalue weighted by molar-refractivity contribution is -0.112. The molecule has 0 aliphatic rings. The summed E-state index contributed by atoms with van der Waals surface area (Å²) in [6.07, 6.45) is 1.91. The highest BCUT2D eigenvalue weighted by molar-refractivity contribution is 6.31. The van der Waals surface area contributed by atoms with Gasteiger partial charge in [-0.1, -0.05) is 41.4 Å². The molecule has 6 heteroatoms. The average Bonchev–Trinajstić information content (AvgIpc) is 2.69. The standard InChI is InChI=1S/C23H15Cl2FN2O/c24-19-6-8-22(9-7-19)28-23(29)18(14-27)12-17-13-20(25)5-4-16(17)10-15-2-1-3-21(26)11-15/h1-9,11-13H,10H2,(H,28,29)/b18-12+. The van der Waals surface area contributed by atoms with Gasteiger partial charge in [0.25, 0.3) is 5.91 Å². The van der Waals surface area contributed by atoms with Crippen molar-refractivity contribution in [1.29, 1.82) is 5.26 Å². The molecule has 3 nitrogen and oxygen atoms in total. The van der Waals surface area contributed by atoms with Crippen LogP contribution in [0, 0.1) is 17.1 Å². The molecule has 0 unspecified atom stereocenters. The first-order valence-electron chi connectivity index (χ1n) is 8.66. The minimum absolute atomic E-state index is 0.0808. The van der Waals surface area contributed by atoms with Crippen LogP contribution in [-0.4, -0.2) is 5.91 Å². The third-order valence-electron chi connectivity index (χ3n) is 4.16. The molecule has 0 saturated heterocycles. The molecule has 0 heterocycles. The second-order valence-corrected chi connectivity index (χ2v) is 7.15. The van der Waals surface area contributed by atoms with Gasteiger partial charge in [0.05, 0.1) is 0 Å². The number of hydrogen-bond acceptors (Lipinski definition) is 2. The van der Waals surface area contributed by atoms with E-state index in [1.807, 2.05) is 12.1 Å². The summed E-state index contributed by atoms with van der Waals surface area (Å²) >= 11 is 12.0. The Morgan fingerprint density at radius 2 is 1.76 bits per heavy atom. The molecule has 0 aliphatic carbocycles. The van der Waals surface area contributed by atoms with Crippen molar-refractivity contribution in [2.45, 2.75) is 6.42 Å². The number of carbonyl (C=O) groups is 1. The lowest BCUT2D eigenvalue weighted by Crippen LogP contribution is -2.13. The van der Waals surface area contributed by atoms with E-state index in [0.29, 0.717) is 27.7 Å². The van der Waals surface area contributed by atoms with Gasteiger partial charge in [-0.25, -0.2) is 4.39 Å². The molecule has 0 bridgehead atoms. The second kappa shape index (κ2) is 9.38. The Labute approximate surface area is 178 Å². The number of carbonyl (C=O) groups excluding carboxylic acids is 1. The summed E-state index contributed by atoms with van der Waals surface area (Å²) in [6, 6.07) is 19.9. The van der Waals surface area contributed by atoms with Gasteiger partial charge in [-0.3, -0.25) is 4.79 Å². The zero-order chi connectivity index (χ0) is 20.8. The molecular weight excluding hydrogens is 410 g/mol. The van der Waals surface area contributed by atoms with Gasteiger partial charge in [0.15, 0.2) is 0 Å². The summed E-state index contributed by atoms with van der Waals surface area (Å²) in [4.78, 5) is 12.5. The highest BCUT2D eigenvalue weighted by atomic mass is 35.5. The lowest BCUT2D eigenvalue weighted by atomic mass is 9.98. The van der Waals surface area contributed by atoms with Gasteiger partial charge in [-0.15, -0.1) is 0 Å². The Morgan fingerprint density at radius 3 is 2.45 bits per heavy atom. The summed E-state index contributed by atoms with van der Waals surface area (Å²) in [7, 11) is 0. The predicted molar refractivity (Wildman–Crippen MR) is 114 cm³/mol. The highest BCUT2D eigenvalue weighted by Crippen LogP contribution is 2.23. The molecule has 0 saturated carbocycles. The van der Waals surface area contributed by atoms with E-state index in [-0.39, 0.29) is 11.4 Å². The maximum absolute atomic E-state index is 13.5. The molecule has 144 valence electrons. The first kappa shape index (κ1) is 20.6. The Morgan fingerprint density at radius 1 is 1.03 bits per heavy atom. The van der Waals surface area contributed by atoms with Gasteiger partial charge < -0.3 is 5.32 Å². The molecule has 0 atom stereocenters. The van der Waals surface area contributed by atoms with Crippen molar-refractivity contribution in [3.05, 3.63) is 105 Å². The van der Waals surface area contributed by atoms with Crippen LogP contribution in [0.25, 0.3) is 6.08 Å². The molecule has 1 N–H and O–H groups in total. The third-order valence-corrected chi connectivity index (χ3v) is 4.65. The van der Waals surface area contributed by atoms with Crippen LogP contribution in [0.2, 0.25) is 10.0 Å². The molecule has 0 radical (unpaired) electrons. The van der Waals surface area contributed by atoms with E-state index in [2.05, 4.69) is 5.32 Å². The average molecular weight is 425 g/mol. The number of anilines is 1. The number of nitrogens with one attached hydrogen (secondary N) is 1. The maximum Gasteiger partial charge on any atom is 0.266 e. The van der Waals surface area contributed by atoms with Crippen molar-refractivity contribution < 1.29 is 9.18 Å². The van der Waals surface area contributed by atoms with Gasteiger partial charge in [0.1, 0.15) is 17.5 Å². The molecule has 1 amide bonds. The van der Waals surface area contributed by atoms with Crippen LogP contribution in [0.5, 0.6) is 0 Å². The summed E-state index contributed by atoms with van der Waals surface area (Å²) in [5, 5.41) is 13.2. The number of amides is 1. The van der Waals surface area contributed by atoms with Crippen LogP contribution in [0.4, 0.5) is 10.1 Å². The van der Waals surface area contributed by atoms with E-state index in [1.54, 1.807) is 48.5 Å². The molecular formula is C23H15Cl2FN2O. The lowest BCUT2D eigenvalue weighted by Gasteiger charge is -2.09. The quantitative estimate of drug-likeness (QED) is 0.387. The monoisotopic (exact) mass is 424 g/mol. The summed E-state index contributed by atoms with van der Waals surface area (Å²) in [5.74, 6) is -0.875. The van der Waals surface area contributed by atoms with Crippen LogP contribution in [0.3, 0.4) is 0 Å². The van der Waals surface area contributed by atoms with E-state index in [4.69, 9.17) is 23.2 Å². The van der Waals surface area contributed by atoms with Crippen LogP contribution in [0.1, 0.15) is 16.7 Å². The van der Waals surface area contributed by atoms with Crippen molar-refractivity contribution in [2.24, 2.45) is 0 Å². The van der Waals surface area contributed by atoms with Crippen molar-refractivity contribution >= 4 is 40.9 Å². The number of halogens is 3. The Kier molecular flexibility index (Phi) is 6.66. The predicted octanol–water partition coefficient (Wildman–Crippen LogP) is 6.27. The van der Waals surface area contributed by atoms with E-state index in [0.717, 1.165) is 11.1 Å². The molecule has 29 heavy (non-hydrogen) atoms. The highest BCUT2D eigenvalue weighted by Gasteiger charge is 2.12. The van der Waals surface area contributed by atoms with Gasteiger partial charge in [-0.2, -0.15) is 5.26 Å². The topological polar surface area (TPSA) is 52.9 Å². The van der Waals surface area contributed by atoms with Gasteiger partial charge in [0.2, 0.25) is 0 Å². The fourth-order valence-electron chi connectivity index (χ4n) is 2.76. The van der Waals surface area contributed by atoms with E-state index in [9.17, 15) is 14.4 Å². The fourth-order valence-corrected chi connectivity index (χ4v) is 3.07. The number of rotatable bonds is 5. The Hall–Kier alpha value is -3.13. The summed E-state index contributed by atoms with van der Waals surface area (Å²) < 4.78 is 13.5. The van der Waals surface area contributed by atoms with Crippen LogP contribution < -0.4 is 5.32 Å². The van der Waals surface area contributed by atoms with E-state index in [1.165, 1.54) is 18.2 Å². The first-order chi connectivity index (χ1) is 13.9. The normalized spacial score (nSPS) is 11.0. The first-order valence-corrected chi connectivity index (χ1v) is 9.42. The minimum Gasteiger partial charge on any atom is -0.321 e. The number of nitrogens with zero attached hydrogens (tertiary/aromatic N) is 1. The van der Waals surface area contributed by atoms with Crippen LogP contribution in [0.15, 0.2) is 72.3 Å². The molecule has 0 fully saturated rings. The summed E-state index contributed by atoms with van der Waals surface area (Å²) in [5.41, 5.74) is 2.64. The summed E-state index contributed by atoms with van der Waals surface area (Å²) in [6.45, 7) is 0. The van der Waals surface area contributed by atoms with Crippen LogP contribution in [-0.2, 0) is 11.2 Å². The molecule has 0 aliphatic heterocycles. The number of nitriles is 1. The number of benzene rings is 3. The maximum atomic E-state index is 13.5. The SMILES string of the molecule is N#C/C(=C\c1cc(Cl)ccc1Cc1cccc(F)c1)C(=O)Nc1ccc(Cl)cc1. The van der Waals surface area contributed by atoms with Gasteiger partial charge in [-0.05, 0) is 77.7 Å². The molecule has 3 aromatic rings. The minimum atomic E-state index is -0.550. The van der Waals surface area contributed by atoms with Gasteiger partial charge >= 0.3 is 0 Å². The van der Waals surface area contributed by atoms with Crippen molar-refractivity contribution in [1.82, 2.24) is 0 Å². The molecule has 3 rings (SSSR count). The van der Waals surface area contributed by atoms with Gasteiger partial charge in [0, 0.05) is 15.7 Å². The third kappa shape index (κ3) is 5.68. The molecule has 3 aromatic carbocycles. The molecule has 0 spiro atoms. The van der Waals surface area contributed by atoms with E-state index >= 15 is 0 Å². The second-order valence-electron chi connectivity index (χ2n) is 6.28. The smallest absolute Gasteiger partial charge is 0.266 e. The number of hydrogen-bond donors (Lipinski definition) is 1. The Bertz CT molecular complexity index is 1120. The molecule has 0 aromatic heterocycles. The zero-order valence-electron chi connectivity index (χ0n) is 15.1. The largest absolute Gasteiger partial charge is 0.321 e.